The van der Waals surface area contributed by atoms with Gasteiger partial charge in [0, 0.05) is 19.3 Å². The van der Waals surface area contributed by atoms with E-state index in [0.717, 1.165) is 11.3 Å². The summed E-state index contributed by atoms with van der Waals surface area (Å²) in [5, 5.41) is 15.4. The highest BCUT2D eigenvalue weighted by Crippen LogP contribution is 2.22. The van der Waals surface area contributed by atoms with Gasteiger partial charge in [0.05, 0.1) is 29.9 Å². The molecule has 3 N–H and O–H groups in total. The van der Waals surface area contributed by atoms with E-state index in [1.165, 1.54) is 12.1 Å². The van der Waals surface area contributed by atoms with Crippen LogP contribution in [-0.2, 0) is 13.0 Å². The molecular weight excluding hydrogens is 373 g/mol. The first-order chi connectivity index (χ1) is 13.0. The normalized spacial score (nSPS) is 14.4. The highest BCUT2D eigenvalue weighted by Gasteiger charge is 2.25. The van der Waals surface area contributed by atoms with Gasteiger partial charge >= 0.3 is 6.03 Å². The molecule has 1 aliphatic rings. The number of halogens is 2. The van der Waals surface area contributed by atoms with Crippen molar-refractivity contribution in [2.75, 3.05) is 25.0 Å². The van der Waals surface area contributed by atoms with E-state index in [4.69, 9.17) is 11.6 Å². The van der Waals surface area contributed by atoms with Crippen LogP contribution in [0.1, 0.15) is 29.8 Å². The first kappa shape index (κ1) is 19.3. The van der Waals surface area contributed by atoms with E-state index in [2.05, 4.69) is 20.6 Å². The molecule has 0 unspecified atom stereocenters. The maximum atomic E-state index is 13.7. The first-order valence-electron chi connectivity index (χ1n) is 8.71. The van der Waals surface area contributed by atoms with E-state index in [-0.39, 0.29) is 17.7 Å². The van der Waals surface area contributed by atoms with Crippen molar-refractivity contribution in [3.05, 3.63) is 52.1 Å². The number of anilines is 1. The van der Waals surface area contributed by atoms with Crippen molar-refractivity contribution in [3.8, 4) is 0 Å². The lowest BCUT2D eigenvalue weighted by Crippen LogP contribution is -2.45. The fourth-order valence-corrected chi connectivity index (χ4v) is 3.04. The van der Waals surface area contributed by atoms with Crippen molar-refractivity contribution in [3.63, 3.8) is 0 Å². The molecule has 9 heteroatoms. The van der Waals surface area contributed by atoms with Crippen LogP contribution in [0.5, 0.6) is 0 Å². The minimum Gasteiger partial charge on any atom is -0.394 e. The number of carbonyl (C=O) groups excluding carboxylic acids is 1. The molecule has 2 heterocycles. The predicted molar refractivity (Wildman–Crippen MR) is 100 cm³/mol. The van der Waals surface area contributed by atoms with Crippen molar-refractivity contribution in [1.29, 1.82) is 0 Å². The zero-order valence-corrected chi connectivity index (χ0v) is 15.6. The Kier molecular flexibility index (Phi) is 6.08. The van der Waals surface area contributed by atoms with Crippen LogP contribution >= 0.6 is 11.6 Å². The molecule has 0 saturated carbocycles. The van der Waals surface area contributed by atoms with Crippen LogP contribution in [0.25, 0.3) is 0 Å². The molecule has 0 radical (unpaired) electrons. The topological polar surface area (TPSA) is 90.4 Å². The Balaban J connectivity index is 1.70. The van der Waals surface area contributed by atoms with E-state index in [1.54, 1.807) is 17.2 Å². The number of aliphatic hydroxyl groups is 1. The van der Waals surface area contributed by atoms with Crippen molar-refractivity contribution in [1.82, 2.24) is 20.2 Å². The van der Waals surface area contributed by atoms with Crippen LogP contribution in [0, 0.1) is 5.82 Å². The van der Waals surface area contributed by atoms with Crippen LogP contribution in [-0.4, -0.2) is 45.7 Å². The number of hydrogen-bond acceptors (Lipinski definition) is 5. The van der Waals surface area contributed by atoms with Gasteiger partial charge in [0.15, 0.2) is 0 Å². The molecular formula is C18H21ClFN5O2. The van der Waals surface area contributed by atoms with Crippen molar-refractivity contribution in [2.24, 2.45) is 0 Å². The number of fused-ring (bicyclic) bond motifs is 1. The minimum absolute atomic E-state index is 0.00872. The molecule has 3 rings (SSSR count). The number of hydrogen-bond donors (Lipinski definition) is 3. The third kappa shape index (κ3) is 4.45. The lowest BCUT2D eigenvalue weighted by molar-refractivity contribution is 0.176. The Morgan fingerprint density at radius 3 is 3.00 bits per heavy atom. The lowest BCUT2D eigenvalue weighted by Gasteiger charge is -2.30. The summed E-state index contributed by atoms with van der Waals surface area (Å²) in [5.74, 6) is -0.0650. The number of amides is 2. The molecule has 1 atom stereocenters. The Hall–Kier alpha value is -2.45. The van der Waals surface area contributed by atoms with Crippen molar-refractivity contribution < 1.29 is 14.3 Å². The van der Waals surface area contributed by atoms with E-state index >= 15 is 0 Å². The van der Waals surface area contributed by atoms with Gasteiger partial charge in [-0.2, -0.15) is 0 Å². The second kappa shape index (κ2) is 8.49. The Morgan fingerprint density at radius 1 is 1.48 bits per heavy atom. The molecule has 2 aromatic rings. The number of benzene rings is 1. The summed E-state index contributed by atoms with van der Waals surface area (Å²) in [4.78, 5) is 23.0. The third-order valence-corrected chi connectivity index (χ3v) is 4.70. The van der Waals surface area contributed by atoms with Gasteiger partial charge in [-0.25, -0.2) is 19.2 Å². The quantitative estimate of drug-likeness (QED) is 0.726. The van der Waals surface area contributed by atoms with Gasteiger partial charge in [-0.05, 0) is 36.6 Å². The zero-order valence-electron chi connectivity index (χ0n) is 14.9. The fraction of sp³-hybridized carbons (Fsp3) is 0.389. The van der Waals surface area contributed by atoms with Gasteiger partial charge in [0.1, 0.15) is 5.82 Å². The van der Waals surface area contributed by atoms with Gasteiger partial charge in [0.25, 0.3) is 0 Å². The highest BCUT2D eigenvalue weighted by molar-refractivity contribution is 6.30. The van der Waals surface area contributed by atoms with Gasteiger partial charge in [-0.15, -0.1) is 0 Å². The Labute approximate surface area is 161 Å². The Morgan fingerprint density at radius 2 is 2.30 bits per heavy atom. The molecule has 2 amide bonds. The molecule has 1 aromatic carbocycles. The number of nitrogens with zero attached hydrogens (tertiary/aromatic N) is 3. The second-order valence-corrected chi connectivity index (χ2v) is 6.63. The second-order valence-electron chi connectivity index (χ2n) is 6.23. The fourth-order valence-electron chi connectivity index (χ4n) is 2.92. The molecule has 0 saturated heterocycles. The van der Waals surface area contributed by atoms with Crippen LogP contribution < -0.4 is 10.6 Å². The third-order valence-electron chi connectivity index (χ3n) is 4.39. The number of nitrogens with one attached hydrogen (secondary N) is 2. The van der Waals surface area contributed by atoms with E-state index in [9.17, 15) is 14.3 Å². The van der Waals surface area contributed by atoms with Crippen molar-refractivity contribution in [2.45, 2.75) is 25.9 Å². The Bertz CT molecular complexity index is 835. The summed E-state index contributed by atoms with van der Waals surface area (Å²) in [6.07, 6.45) is 2.43. The molecule has 144 valence electrons. The molecule has 0 spiro atoms. The van der Waals surface area contributed by atoms with Crippen LogP contribution in [0.15, 0.2) is 24.4 Å². The zero-order chi connectivity index (χ0) is 19.4. The predicted octanol–water partition coefficient (Wildman–Crippen LogP) is 2.50. The summed E-state index contributed by atoms with van der Waals surface area (Å²) in [7, 11) is 0. The SMILES string of the molecule is CCNc1ncc2c(n1)CN(C(=O)N[C@H](CO)c1ccc(Cl)c(F)c1)CC2. The number of rotatable bonds is 5. The van der Waals surface area contributed by atoms with Crippen LogP contribution in [0.2, 0.25) is 5.02 Å². The summed E-state index contributed by atoms with van der Waals surface area (Å²) in [6.45, 7) is 3.16. The van der Waals surface area contributed by atoms with Gasteiger partial charge in [0.2, 0.25) is 5.95 Å². The smallest absolute Gasteiger partial charge is 0.318 e. The number of aliphatic hydroxyl groups excluding tert-OH is 1. The molecule has 1 aliphatic heterocycles. The summed E-state index contributed by atoms with van der Waals surface area (Å²) in [6, 6.07) is 3.11. The maximum absolute atomic E-state index is 13.7. The molecule has 27 heavy (non-hydrogen) atoms. The number of aromatic nitrogens is 2. The summed E-state index contributed by atoms with van der Waals surface area (Å²) in [5.41, 5.74) is 2.25. The number of carbonyl (C=O) groups is 1. The van der Waals surface area contributed by atoms with Crippen LogP contribution in [0.4, 0.5) is 15.1 Å². The van der Waals surface area contributed by atoms with Crippen LogP contribution in [0.3, 0.4) is 0 Å². The molecule has 0 fully saturated rings. The largest absolute Gasteiger partial charge is 0.394 e. The molecule has 1 aromatic heterocycles. The monoisotopic (exact) mass is 393 g/mol. The van der Waals surface area contributed by atoms with E-state index < -0.39 is 11.9 Å². The maximum Gasteiger partial charge on any atom is 0.318 e. The standard InChI is InChI=1S/C18H21ClFN5O2/c1-2-21-17-22-8-12-5-6-25(9-15(12)23-17)18(27)24-16(10-26)11-3-4-13(19)14(20)7-11/h3-4,7-8,16,26H,2,5-6,9-10H2,1H3,(H,24,27)(H,21,22,23)/t16-/m1/s1. The first-order valence-corrected chi connectivity index (χ1v) is 9.09. The molecule has 0 aliphatic carbocycles. The summed E-state index contributed by atoms with van der Waals surface area (Å²) < 4.78 is 13.7. The molecule has 7 nitrogen and oxygen atoms in total. The number of urea groups is 1. The summed E-state index contributed by atoms with van der Waals surface area (Å²) >= 11 is 5.69. The van der Waals surface area contributed by atoms with Gasteiger partial charge in [-0.3, -0.25) is 0 Å². The lowest BCUT2D eigenvalue weighted by atomic mass is 10.1. The van der Waals surface area contributed by atoms with E-state index in [0.29, 0.717) is 37.6 Å². The minimum atomic E-state index is -0.728. The molecule has 0 bridgehead atoms. The average molecular weight is 394 g/mol. The van der Waals surface area contributed by atoms with Gasteiger partial charge in [-0.1, -0.05) is 17.7 Å². The van der Waals surface area contributed by atoms with Gasteiger partial charge < -0.3 is 20.6 Å². The van der Waals surface area contributed by atoms with E-state index in [1.807, 2.05) is 6.92 Å². The highest BCUT2D eigenvalue weighted by atomic mass is 35.5. The van der Waals surface area contributed by atoms with Crippen molar-refractivity contribution >= 4 is 23.6 Å². The average Bonchev–Trinajstić information content (AvgIpc) is 2.68.